The van der Waals surface area contributed by atoms with Gasteiger partial charge in [0.15, 0.2) is 0 Å². The zero-order valence-electron chi connectivity index (χ0n) is 12.7. The first kappa shape index (κ1) is 15.9. The summed E-state index contributed by atoms with van der Waals surface area (Å²) in [5, 5.41) is 4.67. The summed E-state index contributed by atoms with van der Waals surface area (Å²) in [6, 6.07) is 7.42. The number of rotatable bonds is 7. The van der Waals surface area contributed by atoms with Crippen LogP contribution in [0.3, 0.4) is 0 Å². The van der Waals surface area contributed by atoms with Crippen molar-refractivity contribution in [3.05, 3.63) is 35.0 Å². The lowest BCUT2D eigenvalue weighted by Crippen LogP contribution is -2.29. The van der Waals surface area contributed by atoms with Crippen LogP contribution in [0.5, 0.6) is 0 Å². The summed E-state index contributed by atoms with van der Waals surface area (Å²) in [6.45, 7) is 5.11. The average Bonchev–Trinajstić information content (AvgIpc) is 2.90. The van der Waals surface area contributed by atoms with Gasteiger partial charge in [-0.3, -0.25) is 4.79 Å². The minimum atomic E-state index is -0.0442. The third-order valence-electron chi connectivity index (χ3n) is 3.92. The van der Waals surface area contributed by atoms with Crippen LogP contribution >= 0.6 is 11.6 Å². The fourth-order valence-corrected chi connectivity index (χ4v) is 2.68. The number of nitrogens with one attached hydrogen (secondary N) is 2. The molecule has 0 aliphatic carbocycles. The van der Waals surface area contributed by atoms with Gasteiger partial charge in [-0.1, -0.05) is 44.7 Å². The molecule has 1 atom stereocenters. The number of hydrogen-bond donors (Lipinski definition) is 2. The topological polar surface area (TPSA) is 44.9 Å². The van der Waals surface area contributed by atoms with E-state index >= 15 is 0 Å². The molecule has 3 nitrogen and oxygen atoms in total. The quantitative estimate of drug-likeness (QED) is 0.760. The monoisotopic (exact) mass is 306 g/mol. The number of aromatic nitrogens is 1. The maximum absolute atomic E-state index is 12.2. The van der Waals surface area contributed by atoms with Crippen molar-refractivity contribution in [1.82, 2.24) is 10.3 Å². The Bertz CT molecular complexity index is 606. The molecule has 0 saturated heterocycles. The normalized spacial score (nSPS) is 12.5. The van der Waals surface area contributed by atoms with E-state index in [0.29, 0.717) is 16.6 Å². The van der Waals surface area contributed by atoms with Crippen molar-refractivity contribution < 1.29 is 4.79 Å². The van der Waals surface area contributed by atoms with Gasteiger partial charge in [0.25, 0.3) is 5.91 Å². The van der Waals surface area contributed by atoms with Crippen LogP contribution in [0, 0.1) is 5.92 Å². The molecule has 114 valence electrons. The van der Waals surface area contributed by atoms with Crippen molar-refractivity contribution >= 4 is 28.4 Å². The van der Waals surface area contributed by atoms with Gasteiger partial charge in [0.1, 0.15) is 5.69 Å². The zero-order chi connectivity index (χ0) is 15.2. The van der Waals surface area contributed by atoms with Crippen LogP contribution in [0.1, 0.15) is 50.0 Å². The Kier molecular flexibility index (Phi) is 5.68. The van der Waals surface area contributed by atoms with Gasteiger partial charge in [0.05, 0.1) is 0 Å². The first-order valence-electron chi connectivity index (χ1n) is 7.70. The lowest BCUT2D eigenvalue weighted by atomic mass is 9.99. The van der Waals surface area contributed by atoms with E-state index in [1.54, 1.807) is 0 Å². The summed E-state index contributed by atoms with van der Waals surface area (Å²) in [6.07, 6.45) is 4.70. The molecule has 1 unspecified atom stereocenters. The SMILES string of the molecule is CCCCC(CC)CNC(=O)c1cc2cc(Cl)ccc2[nH]1. The molecular weight excluding hydrogens is 284 g/mol. The van der Waals surface area contributed by atoms with Crippen LogP contribution in [0.2, 0.25) is 5.02 Å². The van der Waals surface area contributed by atoms with E-state index in [1.165, 1.54) is 19.3 Å². The molecule has 0 radical (unpaired) electrons. The van der Waals surface area contributed by atoms with Gasteiger partial charge < -0.3 is 10.3 Å². The van der Waals surface area contributed by atoms with Crippen molar-refractivity contribution in [3.63, 3.8) is 0 Å². The molecule has 2 rings (SSSR count). The summed E-state index contributed by atoms with van der Waals surface area (Å²) in [4.78, 5) is 15.4. The second-order valence-electron chi connectivity index (χ2n) is 5.54. The molecule has 0 saturated carbocycles. The number of unbranched alkanes of at least 4 members (excludes halogenated alkanes) is 1. The summed E-state index contributed by atoms with van der Waals surface area (Å²) in [7, 11) is 0. The molecule has 1 aromatic carbocycles. The Morgan fingerprint density at radius 2 is 2.14 bits per heavy atom. The maximum Gasteiger partial charge on any atom is 0.267 e. The van der Waals surface area contributed by atoms with Gasteiger partial charge in [0, 0.05) is 22.5 Å². The lowest BCUT2D eigenvalue weighted by molar-refractivity contribution is 0.0941. The van der Waals surface area contributed by atoms with Crippen molar-refractivity contribution in [3.8, 4) is 0 Å². The van der Waals surface area contributed by atoms with Crippen LogP contribution in [0.15, 0.2) is 24.3 Å². The second kappa shape index (κ2) is 7.51. The molecule has 2 aromatic rings. The fourth-order valence-electron chi connectivity index (χ4n) is 2.50. The molecule has 1 aromatic heterocycles. The van der Waals surface area contributed by atoms with Crippen molar-refractivity contribution in [1.29, 1.82) is 0 Å². The van der Waals surface area contributed by atoms with Crippen LogP contribution in [-0.2, 0) is 0 Å². The van der Waals surface area contributed by atoms with E-state index in [-0.39, 0.29) is 5.91 Å². The molecule has 0 spiro atoms. The van der Waals surface area contributed by atoms with E-state index in [2.05, 4.69) is 24.1 Å². The molecule has 0 fully saturated rings. The molecule has 0 aliphatic heterocycles. The average molecular weight is 307 g/mol. The molecule has 0 aliphatic rings. The smallest absolute Gasteiger partial charge is 0.267 e. The van der Waals surface area contributed by atoms with Crippen molar-refractivity contribution in [2.45, 2.75) is 39.5 Å². The highest BCUT2D eigenvalue weighted by molar-refractivity contribution is 6.31. The number of carbonyl (C=O) groups is 1. The minimum absolute atomic E-state index is 0.0442. The Labute approximate surface area is 131 Å². The van der Waals surface area contributed by atoms with Crippen LogP contribution in [0.4, 0.5) is 0 Å². The molecule has 4 heteroatoms. The summed E-state index contributed by atoms with van der Waals surface area (Å²) < 4.78 is 0. The Morgan fingerprint density at radius 3 is 2.86 bits per heavy atom. The summed E-state index contributed by atoms with van der Waals surface area (Å²) >= 11 is 5.96. The third kappa shape index (κ3) is 4.24. The number of aromatic amines is 1. The van der Waals surface area contributed by atoms with E-state index in [9.17, 15) is 4.79 Å². The Morgan fingerprint density at radius 1 is 1.33 bits per heavy atom. The minimum Gasteiger partial charge on any atom is -0.351 e. The summed E-state index contributed by atoms with van der Waals surface area (Å²) in [5.74, 6) is 0.519. The first-order valence-corrected chi connectivity index (χ1v) is 8.08. The number of halogens is 1. The molecule has 2 N–H and O–H groups in total. The van der Waals surface area contributed by atoms with Crippen molar-refractivity contribution in [2.75, 3.05) is 6.54 Å². The van der Waals surface area contributed by atoms with Gasteiger partial charge in [0.2, 0.25) is 0 Å². The molecular formula is C17H23ClN2O. The first-order chi connectivity index (χ1) is 10.1. The number of amides is 1. The van der Waals surface area contributed by atoms with Crippen LogP contribution in [0.25, 0.3) is 10.9 Å². The van der Waals surface area contributed by atoms with E-state index < -0.39 is 0 Å². The number of benzene rings is 1. The fraction of sp³-hybridized carbons (Fsp3) is 0.471. The van der Waals surface area contributed by atoms with E-state index in [0.717, 1.165) is 23.9 Å². The van der Waals surface area contributed by atoms with Crippen LogP contribution in [-0.4, -0.2) is 17.4 Å². The number of hydrogen-bond acceptors (Lipinski definition) is 1. The number of fused-ring (bicyclic) bond motifs is 1. The highest BCUT2D eigenvalue weighted by Crippen LogP contribution is 2.20. The number of H-pyrrole nitrogens is 1. The molecule has 1 amide bonds. The third-order valence-corrected chi connectivity index (χ3v) is 4.16. The summed E-state index contributed by atoms with van der Waals surface area (Å²) in [5.41, 5.74) is 1.53. The molecule has 21 heavy (non-hydrogen) atoms. The van der Waals surface area contributed by atoms with Gasteiger partial charge in [-0.25, -0.2) is 0 Å². The lowest BCUT2D eigenvalue weighted by Gasteiger charge is -2.14. The standard InChI is InChI=1S/C17H23ClN2O/c1-3-5-6-12(4-2)11-19-17(21)16-10-13-9-14(18)7-8-15(13)20-16/h7-10,12,20H,3-6,11H2,1-2H3,(H,19,21). The largest absolute Gasteiger partial charge is 0.351 e. The second-order valence-corrected chi connectivity index (χ2v) is 5.98. The number of carbonyl (C=O) groups excluding carboxylic acids is 1. The Balaban J connectivity index is 1.98. The molecule has 0 bridgehead atoms. The molecule has 1 heterocycles. The zero-order valence-corrected chi connectivity index (χ0v) is 13.5. The highest BCUT2D eigenvalue weighted by Gasteiger charge is 2.12. The van der Waals surface area contributed by atoms with Gasteiger partial charge in [-0.05, 0) is 36.6 Å². The highest BCUT2D eigenvalue weighted by atomic mass is 35.5. The predicted octanol–water partition coefficient (Wildman–Crippen LogP) is 4.77. The van der Waals surface area contributed by atoms with Crippen LogP contribution < -0.4 is 5.32 Å². The maximum atomic E-state index is 12.2. The van der Waals surface area contributed by atoms with Gasteiger partial charge in [-0.15, -0.1) is 0 Å². The van der Waals surface area contributed by atoms with E-state index in [4.69, 9.17) is 11.6 Å². The van der Waals surface area contributed by atoms with Gasteiger partial charge in [-0.2, -0.15) is 0 Å². The van der Waals surface area contributed by atoms with Crippen molar-refractivity contribution in [2.24, 2.45) is 5.92 Å². The predicted molar refractivity (Wildman–Crippen MR) is 88.9 cm³/mol. The Hall–Kier alpha value is -1.48. The van der Waals surface area contributed by atoms with Gasteiger partial charge >= 0.3 is 0 Å². The van der Waals surface area contributed by atoms with E-state index in [1.807, 2.05) is 24.3 Å².